The van der Waals surface area contributed by atoms with Crippen LogP contribution in [0, 0.1) is 5.92 Å². The van der Waals surface area contributed by atoms with Crippen molar-refractivity contribution in [1.29, 1.82) is 0 Å². The van der Waals surface area contributed by atoms with Crippen molar-refractivity contribution in [3.8, 4) is 10.6 Å². The lowest BCUT2D eigenvalue weighted by Gasteiger charge is -2.47. The summed E-state index contributed by atoms with van der Waals surface area (Å²) in [6.45, 7) is 5.01. The molecule has 0 amide bonds. The second-order valence-corrected chi connectivity index (χ2v) is 8.52. The van der Waals surface area contributed by atoms with Crippen molar-refractivity contribution in [1.82, 2.24) is 14.2 Å². The van der Waals surface area contributed by atoms with Gasteiger partial charge < -0.3 is 4.90 Å². The number of piperidine rings is 3. The summed E-state index contributed by atoms with van der Waals surface area (Å²) < 4.78 is 2.65. The fraction of sp³-hybridized carbons (Fsp3) is 0.471. The molecule has 4 aliphatic heterocycles. The Kier molecular flexibility index (Phi) is 3.29. The molecule has 3 fully saturated rings. The molecule has 0 unspecified atom stereocenters. The zero-order valence-electron chi connectivity index (χ0n) is 12.4. The third-order valence-electron chi connectivity index (χ3n) is 5.28. The van der Waals surface area contributed by atoms with Gasteiger partial charge in [0.25, 0.3) is 0 Å². The average molecular weight is 329 g/mol. The van der Waals surface area contributed by atoms with E-state index in [9.17, 15) is 0 Å². The van der Waals surface area contributed by atoms with Crippen LogP contribution in [-0.4, -0.2) is 39.9 Å². The van der Waals surface area contributed by atoms with Gasteiger partial charge in [-0.2, -0.15) is 0 Å². The Hall–Kier alpha value is -0.880. The van der Waals surface area contributed by atoms with E-state index in [0.717, 1.165) is 23.5 Å². The predicted octanol–water partition coefficient (Wildman–Crippen LogP) is 3.73. The molecule has 0 radical (unpaired) electrons. The summed E-state index contributed by atoms with van der Waals surface area (Å²) in [5.74, 6) is 0.908. The largest absolute Gasteiger partial charge is 0.302 e. The van der Waals surface area contributed by atoms with Gasteiger partial charge in [-0.3, -0.25) is 0 Å². The van der Waals surface area contributed by atoms with E-state index in [4.69, 9.17) is 0 Å². The van der Waals surface area contributed by atoms with Gasteiger partial charge in [0.15, 0.2) is 0 Å². The van der Waals surface area contributed by atoms with Crippen LogP contribution in [0.15, 0.2) is 34.7 Å². The molecule has 1 aromatic carbocycles. The zero-order valence-corrected chi connectivity index (χ0v) is 14.1. The summed E-state index contributed by atoms with van der Waals surface area (Å²) in [6, 6.07) is 7.61. The number of aromatic nitrogens is 1. The molecule has 0 saturated carbocycles. The molecule has 0 spiro atoms. The van der Waals surface area contributed by atoms with Crippen molar-refractivity contribution < 1.29 is 0 Å². The van der Waals surface area contributed by atoms with Crippen molar-refractivity contribution in [2.45, 2.75) is 30.3 Å². The molecular weight excluding hydrogens is 310 g/mol. The smallest absolute Gasteiger partial charge is 0.123 e. The number of hydrogen-bond acceptors (Lipinski definition) is 5. The minimum Gasteiger partial charge on any atom is -0.302 e. The molecule has 5 heterocycles. The lowest BCUT2D eigenvalue weighted by Crippen LogP contribution is -2.54. The van der Waals surface area contributed by atoms with Crippen molar-refractivity contribution in [2.75, 3.05) is 19.6 Å². The van der Waals surface area contributed by atoms with E-state index >= 15 is 0 Å². The lowest BCUT2D eigenvalue weighted by molar-refractivity contribution is 0.0420. The van der Waals surface area contributed by atoms with E-state index in [0.29, 0.717) is 0 Å². The van der Waals surface area contributed by atoms with Crippen LogP contribution >= 0.6 is 23.3 Å². The van der Waals surface area contributed by atoms with Gasteiger partial charge >= 0.3 is 0 Å². The summed E-state index contributed by atoms with van der Waals surface area (Å²) in [5, 5.41) is 3.18. The highest BCUT2D eigenvalue weighted by Gasteiger charge is 2.39. The van der Waals surface area contributed by atoms with E-state index in [1.807, 2.05) is 18.1 Å². The Balaban J connectivity index is 1.39. The normalized spacial score (nSPS) is 30.6. The SMILES string of the molecule is c1csc(-c2ccc3c(c2)SN([C@H]2CN4CCC2CC4)C3)n1. The summed E-state index contributed by atoms with van der Waals surface area (Å²) in [6.07, 6.45) is 4.67. The van der Waals surface area contributed by atoms with E-state index in [-0.39, 0.29) is 0 Å². The van der Waals surface area contributed by atoms with Gasteiger partial charge in [0.2, 0.25) is 0 Å². The van der Waals surface area contributed by atoms with Crippen molar-refractivity contribution in [2.24, 2.45) is 5.92 Å². The third-order valence-corrected chi connectivity index (χ3v) is 7.31. The maximum atomic E-state index is 4.44. The molecule has 1 aromatic heterocycles. The molecule has 1 atom stereocenters. The summed E-state index contributed by atoms with van der Waals surface area (Å²) in [4.78, 5) is 8.52. The Morgan fingerprint density at radius 1 is 1.18 bits per heavy atom. The molecule has 5 heteroatoms. The van der Waals surface area contributed by atoms with Crippen LogP contribution in [0.4, 0.5) is 0 Å². The quantitative estimate of drug-likeness (QED) is 0.782. The standard InChI is InChI=1S/C17H19N3S2/c1-2-14-10-20(15-11-19-6-3-12(15)4-7-19)22-16(14)9-13(1)17-18-5-8-21-17/h1-2,5,8-9,12,15H,3-4,6-7,10-11H2/t15-/m0/s1. The first-order valence-electron chi connectivity index (χ1n) is 8.06. The Bertz CT molecular complexity index is 677. The maximum absolute atomic E-state index is 4.44. The van der Waals surface area contributed by atoms with Gasteiger partial charge in [0.1, 0.15) is 5.01 Å². The van der Waals surface area contributed by atoms with Crippen molar-refractivity contribution >= 4 is 23.3 Å². The molecule has 0 aliphatic carbocycles. The lowest BCUT2D eigenvalue weighted by atomic mass is 9.84. The summed E-state index contributed by atoms with van der Waals surface area (Å²) >= 11 is 3.70. The number of thiazole rings is 1. The van der Waals surface area contributed by atoms with Gasteiger partial charge in [-0.25, -0.2) is 9.29 Å². The first-order chi connectivity index (χ1) is 10.9. The van der Waals surface area contributed by atoms with Crippen molar-refractivity contribution in [3.05, 3.63) is 35.3 Å². The maximum Gasteiger partial charge on any atom is 0.123 e. The molecule has 22 heavy (non-hydrogen) atoms. The monoisotopic (exact) mass is 329 g/mol. The molecule has 3 nitrogen and oxygen atoms in total. The number of benzene rings is 1. The molecule has 2 aromatic rings. The van der Waals surface area contributed by atoms with Crippen LogP contribution in [0.1, 0.15) is 18.4 Å². The average Bonchev–Trinajstić information content (AvgIpc) is 3.24. The van der Waals surface area contributed by atoms with Crippen LogP contribution < -0.4 is 0 Å². The molecule has 4 aliphatic rings. The molecule has 0 N–H and O–H groups in total. The molecule has 2 bridgehead atoms. The first kappa shape index (κ1) is 13.5. The minimum absolute atomic E-state index is 0.739. The molecular formula is C17H19N3S2. The van der Waals surface area contributed by atoms with Crippen LogP contribution in [0.3, 0.4) is 0 Å². The highest BCUT2D eigenvalue weighted by atomic mass is 32.2. The fourth-order valence-corrected chi connectivity index (χ4v) is 5.94. The summed E-state index contributed by atoms with van der Waals surface area (Å²) in [5.41, 5.74) is 2.75. The second-order valence-electron chi connectivity index (χ2n) is 6.53. The number of fused-ring (bicyclic) bond motifs is 4. The zero-order chi connectivity index (χ0) is 14.5. The van der Waals surface area contributed by atoms with Gasteiger partial charge in [0, 0.05) is 41.2 Å². The van der Waals surface area contributed by atoms with Crippen LogP contribution in [0.2, 0.25) is 0 Å². The Morgan fingerprint density at radius 3 is 2.82 bits per heavy atom. The van der Waals surface area contributed by atoms with Crippen LogP contribution in [0.25, 0.3) is 10.6 Å². The van der Waals surface area contributed by atoms with Crippen LogP contribution in [-0.2, 0) is 6.54 Å². The highest BCUT2D eigenvalue weighted by molar-refractivity contribution is 7.97. The Labute approximate surface area is 139 Å². The van der Waals surface area contributed by atoms with Gasteiger partial charge in [-0.05, 0) is 55.4 Å². The highest BCUT2D eigenvalue weighted by Crippen LogP contribution is 2.44. The summed E-state index contributed by atoms with van der Waals surface area (Å²) in [7, 11) is 0. The van der Waals surface area contributed by atoms with E-state index in [1.165, 1.54) is 48.5 Å². The third kappa shape index (κ3) is 2.22. The number of hydrogen-bond donors (Lipinski definition) is 0. The Morgan fingerprint density at radius 2 is 2.09 bits per heavy atom. The molecule has 114 valence electrons. The predicted molar refractivity (Wildman–Crippen MR) is 91.9 cm³/mol. The number of rotatable bonds is 2. The molecule has 6 rings (SSSR count). The van der Waals surface area contributed by atoms with Gasteiger partial charge in [-0.15, -0.1) is 11.3 Å². The first-order valence-corrected chi connectivity index (χ1v) is 9.72. The van der Waals surface area contributed by atoms with E-state index < -0.39 is 0 Å². The number of nitrogens with zero attached hydrogens (tertiary/aromatic N) is 3. The van der Waals surface area contributed by atoms with Crippen LogP contribution in [0.5, 0.6) is 0 Å². The fourth-order valence-electron chi connectivity index (χ4n) is 4.04. The minimum atomic E-state index is 0.739. The second kappa shape index (κ2) is 5.34. The van der Waals surface area contributed by atoms with Gasteiger partial charge in [0.05, 0.1) is 0 Å². The van der Waals surface area contributed by atoms with Crippen molar-refractivity contribution in [3.63, 3.8) is 0 Å². The van der Waals surface area contributed by atoms with E-state index in [1.54, 1.807) is 11.3 Å². The van der Waals surface area contributed by atoms with Gasteiger partial charge in [-0.1, -0.05) is 12.1 Å². The topological polar surface area (TPSA) is 19.4 Å². The van der Waals surface area contributed by atoms with E-state index in [2.05, 4.69) is 37.8 Å². The molecule has 3 saturated heterocycles.